The van der Waals surface area contributed by atoms with Crippen molar-refractivity contribution in [3.8, 4) is 0 Å². The lowest BCUT2D eigenvalue weighted by molar-refractivity contribution is 0.0754. The van der Waals surface area contributed by atoms with Gasteiger partial charge in [-0.05, 0) is 18.2 Å². The van der Waals surface area contributed by atoms with Gasteiger partial charge in [0.05, 0.1) is 13.0 Å². The van der Waals surface area contributed by atoms with Gasteiger partial charge >= 0.3 is 0 Å². The van der Waals surface area contributed by atoms with Crippen molar-refractivity contribution < 1.29 is 4.42 Å². The number of benzene rings is 2. The molecule has 1 atom stereocenters. The molecule has 1 aliphatic rings. The predicted octanol–water partition coefficient (Wildman–Crippen LogP) is 3.15. The van der Waals surface area contributed by atoms with Crippen molar-refractivity contribution in [1.29, 1.82) is 0 Å². The molecule has 2 aromatic carbocycles. The first-order valence-corrected chi connectivity index (χ1v) is 9.10. The number of nitrogens with zero attached hydrogens (tertiary/aromatic N) is 4. The molecule has 0 saturated carbocycles. The zero-order valence-corrected chi connectivity index (χ0v) is 15.1. The molecular weight excluding hydrogens is 324 g/mol. The van der Waals surface area contributed by atoms with E-state index in [-0.39, 0.29) is 0 Å². The second kappa shape index (κ2) is 7.81. The topological polar surface area (TPSA) is 45.4 Å². The molecule has 0 radical (unpaired) electrons. The average Bonchev–Trinajstić information content (AvgIpc) is 3.11. The van der Waals surface area contributed by atoms with Crippen LogP contribution in [0, 0.1) is 0 Å². The van der Waals surface area contributed by atoms with E-state index >= 15 is 0 Å². The fourth-order valence-electron chi connectivity index (χ4n) is 3.51. The molecule has 0 bridgehead atoms. The van der Waals surface area contributed by atoms with Gasteiger partial charge in [-0.1, -0.05) is 60.7 Å². The summed E-state index contributed by atoms with van der Waals surface area (Å²) in [7, 11) is 2.18. The van der Waals surface area contributed by atoms with Gasteiger partial charge in [0.25, 0.3) is 0 Å². The van der Waals surface area contributed by atoms with E-state index in [1.807, 2.05) is 18.2 Å². The van der Waals surface area contributed by atoms with Gasteiger partial charge in [0.2, 0.25) is 11.8 Å². The van der Waals surface area contributed by atoms with Crippen LogP contribution in [0.1, 0.15) is 29.0 Å². The Morgan fingerprint density at radius 1 is 0.923 bits per heavy atom. The van der Waals surface area contributed by atoms with Gasteiger partial charge in [0, 0.05) is 25.7 Å². The summed E-state index contributed by atoms with van der Waals surface area (Å²) in [5.41, 5.74) is 2.52. The molecule has 2 heterocycles. The van der Waals surface area contributed by atoms with Crippen molar-refractivity contribution in [1.82, 2.24) is 20.0 Å². The van der Waals surface area contributed by atoms with Crippen LogP contribution >= 0.6 is 0 Å². The highest BCUT2D eigenvalue weighted by Crippen LogP contribution is 2.26. The van der Waals surface area contributed by atoms with Crippen molar-refractivity contribution in [2.45, 2.75) is 19.0 Å². The Kier molecular flexibility index (Phi) is 5.09. The Balaban J connectivity index is 1.47. The van der Waals surface area contributed by atoms with Gasteiger partial charge in [-0.25, -0.2) is 0 Å². The van der Waals surface area contributed by atoms with Crippen LogP contribution in [0.3, 0.4) is 0 Å². The van der Waals surface area contributed by atoms with E-state index in [1.54, 1.807) is 0 Å². The van der Waals surface area contributed by atoms with Gasteiger partial charge in [0.1, 0.15) is 0 Å². The Hall–Kier alpha value is -2.50. The first kappa shape index (κ1) is 16.9. The summed E-state index contributed by atoms with van der Waals surface area (Å²) in [5.74, 6) is 1.37. The summed E-state index contributed by atoms with van der Waals surface area (Å²) in [6.07, 6.45) is 0.679. The Bertz CT molecular complexity index is 818. The molecule has 4 rings (SSSR count). The third-order valence-corrected chi connectivity index (χ3v) is 4.92. The van der Waals surface area contributed by atoms with Crippen LogP contribution in [0.5, 0.6) is 0 Å². The quantitative estimate of drug-likeness (QED) is 0.709. The van der Waals surface area contributed by atoms with Gasteiger partial charge in [0.15, 0.2) is 0 Å². The zero-order valence-electron chi connectivity index (χ0n) is 15.1. The number of likely N-dealkylation sites (N-methyl/N-ethyl adjacent to an activating group) is 1. The average molecular weight is 348 g/mol. The van der Waals surface area contributed by atoms with Gasteiger partial charge < -0.3 is 9.32 Å². The highest BCUT2D eigenvalue weighted by atomic mass is 16.4. The van der Waals surface area contributed by atoms with Crippen LogP contribution in [0.4, 0.5) is 0 Å². The summed E-state index contributed by atoms with van der Waals surface area (Å²) in [5, 5.41) is 8.52. The number of rotatable bonds is 5. The maximum absolute atomic E-state index is 5.92. The van der Waals surface area contributed by atoms with E-state index in [4.69, 9.17) is 4.42 Å². The molecule has 0 spiro atoms. The Labute approximate surface area is 154 Å². The summed E-state index contributed by atoms with van der Waals surface area (Å²) in [4.78, 5) is 4.82. The maximum atomic E-state index is 5.92. The lowest BCUT2D eigenvalue weighted by Crippen LogP contribution is -2.46. The summed E-state index contributed by atoms with van der Waals surface area (Å²) >= 11 is 0. The van der Waals surface area contributed by atoms with Crippen LogP contribution in [-0.4, -0.2) is 46.7 Å². The van der Waals surface area contributed by atoms with E-state index in [9.17, 15) is 0 Å². The molecule has 5 nitrogen and oxygen atoms in total. The van der Waals surface area contributed by atoms with E-state index in [0.29, 0.717) is 30.8 Å². The van der Waals surface area contributed by atoms with E-state index < -0.39 is 0 Å². The summed E-state index contributed by atoms with van der Waals surface area (Å²) < 4.78 is 5.92. The fraction of sp³-hybridized carbons (Fsp3) is 0.333. The van der Waals surface area contributed by atoms with Crippen LogP contribution in [0.2, 0.25) is 0 Å². The zero-order chi connectivity index (χ0) is 17.8. The molecule has 0 N–H and O–H groups in total. The SMILES string of the molecule is CN1CCN(Cc2nnc(Cc3ccccc3)o2)[C@H](c2ccccc2)C1. The molecule has 1 saturated heterocycles. The fourth-order valence-corrected chi connectivity index (χ4v) is 3.51. The largest absolute Gasteiger partial charge is 0.424 e. The van der Waals surface area contributed by atoms with Gasteiger partial charge in [-0.2, -0.15) is 0 Å². The van der Waals surface area contributed by atoms with Gasteiger partial charge in [-0.3, -0.25) is 4.90 Å². The molecule has 5 heteroatoms. The van der Waals surface area contributed by atoms with E-state index in [0.717, 1.165) is 19.6 Å². The third kappa shape index (κ3) is 4.00. The van der Waals surface area contributed by atoms with Crippen molar-refractivity contribution in [3.05, 3.63) is 83.6 Å². The molecule has 0 unspecified atom stereocenters. The number of hydrogen-bond acceptors (Lipinski definition) is 5. The van der Waals surface area contributed by atoms with Gasteiger partial charge in [-0.15, -0.1) is 10.2 Å². The molecule has 0 aliphatic carbocycles. The smallest absolute Gasteiger partial charge is 0.230 e. The predicted molar refractivity (Wildman–Crippen MR) is 101 cm³/mol. The Morgan fingerprint density at radius 2 is 1.62 bits per heavy atom. The number of aromatic nitrogens is 2. The monoisotopic (exact) mass is 348 g/mol. The van der Waals surface area contributed by atoms with Crippen molar-refractivity contribution in [2.75, 3.05) is 26.7 Å². The first-order valence-electron chi connectivity index (χ1n) is 9.10. The third-order valence-electron chi connectivity index (χ3n) is 4.92. The number of hydrogen-bond donors (Lipinski definition) is 0. The highest BCUT2D eigenvalue weighted by Gasteiger charge is 2.27. The number of piperazine rings is 1. The molecular formula is C21H24N4O. The minimum atomic E-state index is 0.347. The van der Waals surface area contributed by atoms with E-state index in [2.05, 4.69) is 69.5 Å². The van der Waals surface area contributed by atoms with Crippen molar-refractivity contribution in [2.24, 2.45) is 0 Å². The van der Waals surface area contributed by atoms with Crippen LogP contribution in [0.25, 0.3) is 0 Å². The summed E-state index contributed by atoms with van der Waals surface area (Å²) in [6, 6.07) is 21.2. The lowest BCUT2D eigenvalue weighted by atomic mass is 10.0. The molecule has 3 aromatic rings. The standard InChI is InChI=1S/C21H24N4O/c1-24-12-13-25(19(15-24)18-10-6-3-7-11-18)16-21-23-22-20(26-21)14-17-8-4-2-5-9-17/h2-11,19H,12-16H2,1H3/t19-/m0/s1. The minimum Gasteiger partial charge on any atom is -0.424 e. The van der Waals surface area contributed by atoms with E-state index in [1.165, 1.54) is 11.1 Å². The normalized spacial score (nSPS) is 18.9. The minimum absolute atomic E-state index is 0.347. The van der Waals surface area contributed by atoms with Crippen LogP contribution < -0.4 is 0 Å². The highest BCUT2D eigenvalue weighted by molar-refractivity contribution is 5.20. The first-order chi connectivity index (χ1) is 12.8. The molecule has 1 fully saturated rings. The molecule has 134 valence electrons. The molecule has 1 aliphatic heterocycles. The maximum Gasteiger partial charge on any atom is 0.230 e. The molecule has 1 aromatic heterocycles. The molecule has 0 amide bonds. The molecule has 26 heavy (non-hydrogen) atoms. The second-order valence-electron chi connectivity index (χ2n) is 6.91. The van der Waals surface area contributed by atoms with Crippen LogP contribution in [0.15, 0.2) is 65.1 Å². The van der Waals surface area contributed by atoms with Crippen LogP contribution in [-0.2, 0) is 13.0 Å². The Morgan fingerprint density at radius 3 is 2.38 bits per heavy atom. The van der Waals surface area contributed by atoms with Crippen molar-refractivity contribution >= 4 is 0 Å². The second-order valence-corrected chi connectivity index (χ2v) is 6.91. The lowest BCUT2D eigenvalue weighted by Gasteiger charge is -2.39. The van der Waals surface area contributed by atoms with Crippen molar-refractivity contribution in [3.63, 3.8) is 0 Å². The summed E-state index contributed by atoms with van der Waals surface area (Å²) in [6.45, 7) is 3.74.